The number of nitrogens with one attached hydrogen (secondary N) is 1. The molecule has 0 aliphatic heterocycles. The maximum absolute atomic E-state index is 5.78. The van der Waals surface area contributed by atoms with E-state index in [1.807, 2.05) is 38.4 Å². The molecule has 0 bridgehead atoms. The molecule has 2 rings (SSSR count). The second kappa shape index (κ2) is 5.06. The minimum atomic E-state index is 0.637. The molecule has 0 unspecified atom stereocenters. The van der Waals surface area contributed by atoms with E-state index in [1.54, 1.807) is 6.20 Å². The summed E-state index contributed by atoms with van der Waals surface area (Å²) in [5, 5.41) is 3.87. The molecule has 0 fully saturated rings. The molecule has 0 amide bonds. The number of rotatable bonds is 3. The number of pyridine rings is 1. The second-order valence-corrected chi connectivity index (χ2v) is 4.37. The van der Waals surface area contributed by atoms with Gasteiger partial charge in [-0.05, 0) is 30.3 Å². The van der Waals surface area contributed by atoms with E-state index in [2.05, 4.69) is 27.3 Å². The van der Waals surface area contributed by atoms with Crippen LogP contribution in [0.25, 0.3) is 0 Å². The summed E-state index contributed by atoms with van der Waals surface area (Å²) in [6, 6.07) is 11.8. The summed E-state index contributed by atoms with van der Waals surface area (Å²) >= 11 is 5.78. The van der Waals surface area contributed by atoms with Crippen molar-refractivity contribution in [2.45, 2.75) is 0 Å². The average Bonchev–Trinajstić information content (AvgIpc) is 2.32. The normalized spacial score (nSPS) is 10.1. The third-order valence-electron chi connectivity index (χ3n) is 2.36. The van der Waals surface area contributed by atoms with Gasteiger partial charge in [-0.1, -0.05) is 17.7 Å². The fourth-order valence-electron chi connectivity index (χ4n) is 1.46. The molecule has 0 spiro atoms. The molecular weight excluding hydrogens is 234 g/mol. The highest BCUT2D eigenvalue weighted by molar-refractivity contribution is 6.30. The van der Waals surface area contributed by atoms with Crippen molar-refractivity contribution in [1.82, 2.24) is 4.98 Å². The lowest BCUT2D eigenvalue weighted by Gasteiger charge is -2.14. The van der Waals surface area contributed by atoms with Crippen LogP contribution in [-0.4, -0.2) is 19.1 Å². The molecule has 0 saturated heterocycles. The van der Waals surface area contributed by atoms with Gasteiger partial charge in [0, 0.05) is 31.7 Å². The van der Waals surface area contributed by atoms with Gasteiger partial charge in [0.05, 0.1) is 5.02 Å². The largest absolute Gasteiger partial charge is 0.378 e. The molecule has 1 N–H and O–H groups in total. The van der Waals surface area contributed by atoms with Crippen LogP contribution in [0.4, 0.5) is 17.2 Å². The Bertz CT molecular complexity index is 494. The van der Waals surface area contributed by atoms with Crippen LogP contribution >= 0.6 is 11.6 Å². The number of aromatic nitrogens is 1. The van der Waals surface area contributed by atoms with Gasteiger partial charge < -0.3 is 10.2 Å². The zero-order chi connectivity index (χ0) is 12.3. The van der Waals surface area contributed by atoms with E-state index in [4.69, 9.17) is 11.6 Å². The van der Waals surface area contributed by atoms with Crippen LogP contribution in [0.5, 0.6) is 0 Å². The number of benzene rings is 1. The van der Waals surface area contributed by atoms with Crippen LogP contribution in [0.3, 0.4) is 0 Å². The van der Waals surface area contributed by atoms with Crippen molar-refractivity contribution in [2.24, 2.45) is 0 Å². The summed E-state index contributed by atoms with van der Waals surface area (Å²) in [6.45, 7) is 0. The minimum Gasteiger partial charge on any atom is -0.378 e. The number of halogens is 1. The van der Waals surface area contributed by atoms with Gasteiger partial charge >= 0.3 is 0 Å². The summed E-state index contributed by atoms with van der Waals surface area (Å²) in [5.41, 5.74) is 2.15. The van der Waals surface area contributed by atoms with E-state index in [0.29, 0.717) is 5.02 Å². The quantitative estimate of drug-likeness (QED) is 0.899. The van der Waals surface area contributed by atoms with Gasteiger partial charge in [0.25, 0.3) is 0 Å². The number of hydrogen-bond donors (Lipinski definition) is 1. The van der Waals surface area contributed by atoms with Gasteiger partial charge in [0.2, 0.25) is 0 Å². The monoisotopic (exact) mass is 247 g/mol. The summed E-state index contributed by atoms with van der Waals surface area (Å²) in [4.78, 5) is 6.25. The summed E-state index contributed by atoms with van der Waals surface area (Å²) in [5.74, 6) is 0.783. The van der Waals surface area contributed by atoms with Crippen LogP contribution in [0, 0.1) is 0 Å². The molecule has 88 valence electrons. The first kappa shape index (κ1) is 11.7. The van der Waals surface area contributed by atoms with Gasteiger partial charge in [-0.3, -0.25) is 0 Å². The van der Waals surface area contributed by atoms with E-state index < -0.39 is 0 Å². The number of anilines is 3. The zero-order valence-corrected chi connectivity index (χ0v) is 10.6. The van der Waals surface area contributed by atoms with Crippen molar-refractivity contribution >= 4 is 28.8 Å². The van der Waals surface area contributed by atoms with Crippen LogP contribution in [0.1, 0.15) is 0 Å². The molecule has 0 aliphatic carbocycles. The first-order valence-electron chi connectivity index (χ1n) is 5.31. The SMILES string of the molecule is CN(C)c1cccc(Nc2ccc(Cl)cn2)c1. The molecule has 0 atom stereocenters. The zero-order valence-electron chi connectivity index (χ0n) is 9.81. The average molecular weight is 248 g/mol. The number of hydrogen-bond acceptors (Lipinski definition) is 3. The van der Waals surface area contributed by atoms with Crippen molar-refractivity contribution < 1.29 is 0 Å². The Morgan fingerprint density at radius 3 is 2.65 bits per heavy atom. The molecule has 0 saturated carbocycles. The summed E-state index contributed by atoms with van der Waals surface area (Å²) in [7, 11) is 4.03. The maximum Gasteiger partial charge on any atom is 0.130 e. The third-order valence-corrected chi connectivity index (χ3v) is 2.59. The van der Waals surface area contributed by atoms with Crippen molar-refractivity contribution in [3.63, 3.8) is 0 Å². The van der Waals surface area contributed by atoms with Crippen molar-refractivity contribution in [3.05, 3.63) is 47.6 Å². The lowest BCUT2D eigenvalue weighted by atomic mass is 10.2. The molecular formula is C13H14ClN3. The van der Waals surface area contributed by atoms with E-state index in [0.717, 1.165) is 17.2 Å². The van der Waals surface area contributed by atoms with Gasteiger partial charge in [0.15, 0.2) is 0 Å². The Balaban J connectivity index is 2.18. The van der Waals surface area contributed by atoms with E-state index >= 15 is 0 Å². The van der Waals surface area contributed by atoms with Crippen LogP contribution < -0.4 is 10.2 Å². The topological polar surface area (TPSA) is 28.2 Å². The summed E-state index contributed by atoms with van der Waals surface area (Å²) < 4.78 is 0. The molecule has 1 aromatic heterocycles. The first-order chi connectivity index (χ1) is 8.15. The molecule has 1 heterocycles. The Morgan fingerprint density at radius 2 is 2.00 bits per heavy atom. The molecule has 4 heteroatoms. The predicted octanol–water partition coefficient (Wildman–Crippen LogP) is 3.54. The fourth-order valence-corrected chi connectivity index (χ4v) is 1.57. The minimum absolute atomic E-state index is 0.637. The predicted molar refractivity (Wildman–Crippen MR) is 73.3 cm³/mol. The smallest absolute Gasteiger partial charge is 0.130 e. The molecule has 1 aromatic carbocycles. The first-order valence-corrected chi connectivity index (χ1v) is 5.69. The van der Waals surface area contributed by atoms with Gasteiger partial charge in [-0.15, -0.1) is 0 Å². The molecule has 3 nitrogen and oxygen atoms in total. The Labute approximate surface area is 106 Å². The van der Waals surface area contributed by atoms with Gasteiger partial charge in [0.1, 0.15) is 5.82 Å². The standard InChI is InChI=1S/C13H14ClN3/c1-17(2)12-5-3-4-11(8-12)16-13-7-6-10(14)9-15-13/h3-9H,1-2H3,(H,15,16). The highest BCUT2D eigenvalue weighted by Gasteiger charge is 1.99. The highest BCUT2D eigenvalue weighted by Crippen LogP contribution is 2.20. The molecule has 0 radical (unpaired) electrons. The van der Waals surface area contributed by atoms with E-state index in [-0.39, 0.29) is 0 Å². The molecule has 17 heavy (non-hydrogen) atoms. The van der Waals surface area contributed by atoms with Gasteiger partial charge in [-0.2, -0.15) is 0 Å². The third kappa shape index (κ3) is 3.11. The maximum atomic E-state index is 5.78. The number of nitrogens with zero attached hydrogens (tertiary/aromatic N) is 2. The second-order valence-electron chi connectivity index (χ2n) is 3.93. The van der Waals surface area contributed by atoms with Crippen molar-refractivity contribution in [2.75, 3.05) is 24.3 Å². The van der Waals surface area contributed by atoms with E-state index in [9.17, 15) is 0 Å². The van der Waals surface area contributed by atoms with Crippen LogP contribution in [0.15, 0.2) is 42.6 Å². The lowest BCUT2D eigenvalue weighted by molar-refractivity contribution is 1.13. The Kier molecular flexibility index (Phi) is 3.49. The fraction of sp³-hybridized carbons (Fsp3) is 0.154. The van der Waals surface area contributed by atoms with Crippen molar-refractivity contribution in [3.8, 4) is 0 Å². The Hall–Kier alpha value is -1.74. The van der Waals surface area contributed by atoms with E-state index in [1.165, 1.54) is 0 Å². The van der Waals surface area contributed by atoms with Crippen LogP contribution in [0.2, 0.25) is 5.02 Å². The highest BCUT2D eigenvalue weighted by atomic mass is 35.5. The Morgan fingerprint density at radius 1 is 1.18 bits per heavy atom. The summed E-state index contributed by atoms with van der Waals surface area (Å²) in [6.07, 6.45) is 1.62. The van der Waals surface area contributed by atoms with Crippen molar-refractivity contribution in [1.29, 1.82) is 0 Å². The lowest BCUT2D eigenvalue weighted by Crippen LogP contribution is -2.08. The van der Waals surface area contributed by atoms with Crippen LogP contribution in [-0.2, 0) is 0 Å². The molecule has 2 aromatic rings. The molecule has 0 aliphatic rings. The van der Waals surface area contributed by atoms with Gasteiger partial charge in [-0.25, -0.2) is 4.98 Å².